The molecule has 1 aliphatic heterocycles. The van der Waals surface area contributed by atoms with Crippen molar-refractivity contribution in [2.24, 2.45) is 7.05 Å². The van der Waals surface area contributed by atoms with Crippen molar-refractivity contribution < 1.29 is 9.53 Å². The predicted octanol–water partition coefficient (Wildman–Crippen LogP) is 5.85. The van der Waals surface area contributed by atoms with E-state index >= 15 is 0 Å². The maximum Gasteiger partial charge on any atom is 0.260 e. The zero-order valence-electron chi connectivity index (χ0n) is 22.2. The van der Waals surface area contributed by atoms with Crippen LogP contribution in [0.1, 0.15) is 35.8 Å². The van der Waals surface area contributed by atoms with Crippen LogP contribution in [0.25, 0.3) is 27.5 Å². The highest BCUT2D eigenvalue weighted by Gasteiger charge is 2.21. The molecule has 12 heteroatoms. The summed E-state index contributed by atoms with van der Waals surface area (Å²) in [5.74, 6) is 0.749. The number of fused-ring (bicyclic) bond motifs is 2. The summed E-state index contributed by atoms with van der Waals surface area (Å²) in [5.41, 5.74) is 3.71. The van der Waals surface area contributed by atoms with Crippen LogP contribution in [0.3, 0.4) is 0 Å². The highest BCUT2D eigenvalue weighted by Crippen LogP contribution is 2.37. The van der Waals surface area contributed by atoms with E-state index in [0.29, 0.717) is 22.2 Å². The van der Waals surface area contributed by atoms with Crippen molar-refractivity contribution in [3.63, 3.8) is 0 Å². The Hall–Kier alpha value is -4.74. The minimum absolute atomic E-state index is 0.0739. The van der Waals surface area contributed by atoms with E-state index in [0.717, 1.165) is 59.0 Å². The Balaban J connectivity index is 1.21. The number of aromatic nitrogens is 7. The standard InChI is InChI=1S/C29H26ClN9O2/c1-37-17-18(15-32-37)29(40)35-25-14-19(11-12-31-25)38-23-7-3-2-6-20(23)28(36-38)34-22-9-10-24-21(27(22)30)16-33-39(24)26-8-4-5-13-41-26/h2-3,6-7,9-12,14-17,26H,4-5,8,13H2,1H3,(H,34,36)(H,31,35,40). The largest absolute Gasteiger partial charge is 0.356 e. The summed E-state index contributed by atoms with van der Waals surface area (Å²) >= 11 is 6.89. The number of rotatable bonds is 6. The lowest BCUT2D eigenvalue weighted by Gasteiger charge is -2.23. The fraction of sp³-hybridized carbons (Fsp3) is 0.207. The number of halogens is 1. The topological polar surface area (TPSA) is 117 Å². The molecule has 1 unspecified atom stereocenters. The highest BCUT2D eigenvalue weighted by atomic mass is 35.5. The number of anilines is 3. The van der Waals surface area contributed by atoms with E-state index in [-0.39, 0.29) is 12.1 Å². The Morgan fingerprint density at radius 1 is 1.05 bits per heavy atom. The van der Waals surface area contributed by atoms with E-state index in [1.807, 2.05) is 51.8 Å². The van der Waals surface area contributed by atoms with Gasteiger partial charge in [0.15, 0.2) is 12.0 Å². The molecular formula is C29H26ClN9O2. The van der Waals surface area contributed by atoms with E-state index in [2.05, 4.69) is 25.8 Å². The first-order valence-corrected chi connectivity index (χ1v) is 13.7. The van der Waals surface area contributed by atoms with Gasteiger partial charge in [0, 0.05) is 42.9 Å². The molecule has 1 saturated heterocycles. The molecule has 6 aromatic rings. The van der Waals surface area contributed by atoms with Gasteiger partial charge in [-0.2, -0.15) is 10.2 Å². The van der Waals surface area contributed by atoms with Gasteiger partial charge in [-0.1, -0.05) is 23.7 Å². The number of amides is 1. The molecule has 206 valence electrons. The number of nitrogens with one attached hydrogen (secondary N) is 2. The molecule has 0 radical (unpaired) electrons. The molecule has 11 nitrogen and oxygen atoms in total. The number of carbonyl (C=O) groups is 1. The molecule has 0 bridgehead atoms. The van der Waals surface area contributed by atoms with Gasteiger partial charge in [-0.3, -0.25) is 9.48 Å². The number of aryl methyl sites for hydroxylation is 1. The van der Waals surface area contributed by atoms with Gasteiger partial charge < -0.3 is 15.4 Å². The minimum atomic E-state index is -0.293. The summed E-state index contributed by atoms with van der Waals surface area (Å²) in [7, 11) is 1.76. The first-order valence-electron chi connectivity index (χ1n) is 13.3. The molecule has 1 atom stereocenters. The Labute approximate surface area is 239 Å². The van der Waals surface area contributed by atoms with Crippen LogP contribution in [0.15, 0.2) is 73.3 Å². The number of carbonyl (C=O) groups excluding carboxylic acids is 1. The molecule has 4 aromatic heterocycles. The number of nitrogens with zero attached hydrogens (tertiary/aromatic N) is 7. The van der Waals surface area contributed by atoms with E-state index < -0.39 is 0 Å². The SMILES string of the molecule is Cn1cc(C(=O)Nc2cc(-n3nc(Nc4ccc5c(cnn5C5CCCCO5)c4Cl)c4ccccc43)ccn2)cn1. The third-order valence-electron chi connectivity index (χ3n) is 7.18. The summed E-state index contributed by atoms with van der Waals surface area (Å²) in [6.45, 7) is 0.741. The summed E-state index contributed by atoms with van der Waals surface area (Å²) in [6.07, 6.45) is 9.63. The average molecular weight is 568 g/mol. The van der Waals surface area contributed by atoms with Crippen LogP contribution in [-0.2, 0) is 11.8 Å². The van der Waals surface area contributed by atoms with Gasteiger partial charge in [-0.05, 0) is 49.6 Å². The quantitative estimate of drug-likeness (QED) is 0.259. The fourth-order valence-corrected chi connectivity index (χ4v) is 5.42. The van der Waals surface area contributed by atoms with Crippen LogP contribution in [0.2, 0.25) is 5.02 Å². The molecule has 2 N–H and O–H groups in total. The van der Waals surface area contributed by atoms with Gasteiger partial charge in [0.1, 0.15) is 5.82 Å². The van der Waals surface area contributed by atoms with Crippen molar-refractivity contribution >= 4 is 56.6 Å². The molecule has 1 fully saturated rings. The Morgan fingerprint density at radius 3 is 2.78 bits per heavy atom. The minimum Gasteiger partial charge on any atom is -0.356 e. The number of pyridine rings is 1. The maximum atomic E-state index is 12.6. The van der Waals surface area contributed by atoms with E-state index in [9.17, 15) is 4.79 Å². The van der Waals surface area contributed by atoms with Crippen molar-refractivity contribution in [2.45, 2.75) is 25.5 Å². The molecule has 41 heavy (non-hydrogen) atoms. The third-order valence-corrected chi connectivity index (χ3v) is 7.59. The van der Waals surface area contributed by atoms with Crippen molar-refractivity contribution in [3.8, 4) is 5.69 Å². The van der Waals surface area contributed by atoms with Crippen LogP contribution in [0, 0.1) is 0 Å². The first kappa shape index (κ1) is 25.2. The van der Waals surface area contributed by atoms with Gasteiger partial charge in [-0.15, -0.1) is 5.10 Å². The number of hydrogen-bond acceptors (Lipinski definition) is 7. The van der Waals surface area contributed by atoms with Gasteiger partial charge in [-0.25, -0.2) is 14.3 Å². The summed E-state index contributed by atoms with van der Waals surface area (Å²) in [5, 5.41) is 22.1. The lowest BCUT2D eigenvalue weighted by Crippen LogP contribution is -2.18. The zero-order valence-corrected chi connectivity index (χ0v) is 22.9. The smallest absolute Gasteiger partial charge is 0.260 e. The van der Waals surface area contributed by atoms with Gasteiger partial charge in [0.2, 0.25) is 0 Å². The second-order valence-electron chi connectivity index (χ2n) is 9.93. The van der Waals surface area contributed by atoms with Crippen LogP contribution in [-0.4, -0.2) is 46.8 Å². The molecule has 1 aliphatic rings. The van der Waals surface area contributed by atoms with E-state index in [1.165, 1.54) is 6.20 Å². The third kappa shape index (κ3) is 4.68. The molecule has 1 amide bonds. The van der Waals surface area contributed by atoms with Gasteiger partial charge in [0.05, 0.1) is 45.4 Å². The summed E-state index contributed by atoms with van der Waals surface area (Å²) in [4.78, 5) is 17.0. The van der Waals surface area contributed by atoms with Crippen LogP contribution < -0.4 is 10.6 Å². The highest BCUT2D eigenvalue weighted by molar-refractivity contribution is 6.38. The zero-order chi connectivity index (χ0) is 27.9. The van der Waals surface area contributed by atoms with Gasteiger partial charge in [0.25, 0.3) is 5.91 Å². The van der Waals surface area contributed by atoms with Crippen LogP contribution in [0.5, 0.6) is 0 Å². The summed E-state index contributed by atoms with van der Waals surface area (Å²) in [6, 6.07) is 15.5. The molecule has 0 spiro atoms. The Morgan fingerprint density at radius 2 is 1.95 bits per heavy atom. The predicted molar refractivity (Wildman–Crippen MR) is 157 cm³/mol. The molecule has 0 saturated carbocycles. The summed E-state index contributed by atoms with van der Waals surface area (Å²) < 4.78 is 11.2. The molecular weight excluding hydrogens is 542 g/mol. The fourth-order valence-electron chi connectivity index (χ4n) is 5.16. The lowest BCUT2D eigenvalue weighted by atomic mass is 10.2. The van der Waals surface area contributed by atoms with E-state index in [1.54, 1.807) is 36.4 Å². The Bertz CT molecular complexity index is 1900. The number of hydrogen-bond donors (Lipinski definition) is 2. The monoisotopic (exact) mass is 567 g/mol. The average Bonchev–Trinajstić information content (AvgIpc) is 3.73. The number of ether oxygens (including phenoxy) is 1. The molecule has 5 heterocycles. The molecule has 2 aromatic carbocycles. The van der Waals surface area contributed by atoms with Crippen molar-refractivity contribution in [1.82, 2.24) is 34.3 Å². The molecule has 7 rings (SSSR count). The van der Waals surface area contributed by atoms with Gasteiger partial charge >= 0.3 is 0 Å². The maximum absolute atomic E-state index is 12.6. The number of para-hydroxylation sites is 1. The normalized spacial score (nSPS) is 15.4. The van der Waals surface area contributed by atoms with Crippen LogP contribution >= 0.6 is 11.6 Å². The number of benzene rings is 2. The first-order chi connectivity index (χ1) is 20.0. The molecule has 0 aliphatic carbocycles. The van der Waals surface area contributed by atoms with Crippen LogP contribution in [0.4, 0.5) is 17.3 Å². The second kappa shape index (κ2) is 10.3. The van der Waals surface area contributed by atoms with E-state index in [4.69, 9.17) is 21.4 Å². The Kier molecular flexibility index (Phi) is 6.37. The lowest BCUT2D eigenvalue weighted by molar-refractivity contribution is -0.0366. The van der Waals surface area contributed by atoms with Crippen molar-refractivity contribution in [1.29, 1.82) is 0 Å². The van der Waals surface area contributed by atoms with Crippen molar-refractivity contribution in [3.05, 3.63) is 83.9 Å². The second-order valence-corrected chi connectivity index (χ2v) is 10.3. The van der Waals surface area contributed by atoms with Crippen molar-refractivity contribution in [2.75, 3.05) is 17.2 Å².